The fourth-order valence-corrected chi connectivity index (χ4v) is 3.57. The molecule has 0 aliphatic rings. The number of carbonyl (C=O) groups is 1. The minimum absolute atomic E-state index is 0.0748. The zero-order chi connectivity index (χ0) is 19.2. The first-order chi connectivity index (χ1) is 13.8. The van der Waals surface area contributed by atoms with Crippen molar-refractivity contribution in [3.8, 4) is 17.2 Å². The molecule has 0 aliphatic heterocycles. The SMILES string of the molecule is O=C(COc1ccc(-c2nnco2)cc1)N[C@@H](c1ccccc1)c1cccs1. The summed E-state index contributed by atoms with van der Waals surface area (Å²) in [6.07, 6.45) is 1.28. The van der Waals surface area contributed by atoms with Crippen LogP contribution in [0.15, 0.2) is 82.9 Å². The van der Waals surface area contributed by atoms with Gasteiger partial charge in [-0.25, -0.2) is 0 Å². The molecule has 7 heteroatoms. The molecule has 1 amide bonds. The summed E-state index contributed by atoms with van der Waals surface area (Å²) in [6.45, 7) is -0.0748. The van der Waals surface area contributed by atoms with Crippen LogP contribution >= 0.6 is 11.3 Å². The number of benzene rings is 2. The molecule has 0 bridgehead atoms. The zero-order valence-electron chi connectivity index (χ0n) is 14.8. The molecule has 1 N–H and O–H groups in total. The molecule has 0 saturated heterocycles. The van der Waals surface area contributed by atoms with Gasteiger partial charge in [0, 0.05) is 10.4 Å². The molecule has 28 heavy (non-hydrogen) atoms. The fraction of sp³-hybridized carbons (Fsp3) is 0.0952. The second-order valence-corrected chi connectivity index (χ2v) is 6.96. The van der Waals surface area contributed by atoms with E-state index in [-0.39, 0.29) is 18.6 Å². The summed E-state index contributed by atoms with van der Waals surface area (Å²) in [7, 11) is 0. The van der Waals surface area contributed by atoms with Gasteiger partial charge in [-0.3, -0.25) is 4.79 Å². The number of thiophene rings is 1. The number of rotatable bonds is 7. The Balaban J connectivity index is 1.39. The van der Waals surface area contributed by atoms with Crippen molar-refractivity contribution in [2.45, 2.75) is 6.04 Å². The van der Waals surface area contributed by atoms with Crippen molar-refractivity contribution in [1.29, 1.82) is 0 Å². The van der Waals surface area contributed by atoms with Gasteiger partial charge in [0.25, 0.3) is 5.91 Å². The molecule has 6 nitrogen and oxygen atoms in total. The number of hydrogen-bond acceptors (Lipinski definition) is 6. The van der Waals surface area contributed by atoms with Gasteiger partial charge in [0.2, 0.25) is 12.3 Å². The highest BCUT2D eigenvalue weighted by molar-refractivity contribution is 7.10. The van der Waals surface area contributed by atoms with Crippen LogP contribution in [0.4, 0.5) is 0 Å². The maximum atomic E-state index is 12.5. The van der Waals surface area contributed by atoms with E-state index in [0.29, 0.717) is 11.6 Å². The van der Waals surface area contributed by atoms with E-state index in [2.05, 4.69) is 15.5 Å². The van der Waals surface area contributed by atoms with Gasteiger partial charge in [-0.2, -0.15) is 0 Å². The third kappa shape index (κ3) is 4.27. The zero-order valence-corrected chi connectivity index (χ0v) is 15.6. The van der Waals surface area contributed by atoms with Gasteiger partial charge in [-0.05, 0) is 41.3 Å². The van der Waals surface area contributed by atoms with E-state index in [9.17, 15) is 4.79 Å². The number of aromatic nitrogens is 2. The van der Waals surface area contributed by atoms with Crippen LogP contribution in [0.3, 0.4) is 0 Å². The summed E-state index contributed by atoms with van der Waals surface area (Å²) in [5.41, 5.74) is 1.82. The summed E-state index contributed by atoms with van der Waals surface area (Å²) in [6, 6.07) is 20.8. The largest absolute Gasteiger partial charge is 0.484 e. The van der Waals surface area contributed by atoms with Gasteiger partial charge in [0.15, 0.2) is 6.61 Å². The molecule has 140 valence electrons. The minimum Gasteiger partial charge on any atom is -0.484 e. The lowest BCUT2D eigenvalue weighted by atomic mass is 10.1. The van der Waals surface area contributed by atoms with Crippen LogP contribution in [-0.2, 0) is 4.79 Å². The normalized spacial score (nSPS) is 11.7. The van der Waals surface area contributed by atoms with Crippen LogP contribution in [-0.4, -0.2) is 22.7 Å². The van der Waals surface area contributed by atoms with Crippen LogP contribution in [0.5, 0.6) is 5.75 Å². The van der Waals surface area contributed by atoms with Gasteiger partial charge in [0.05, 0.1) is 6.04 Å². The van der Waals surface area contributed by atoms with E-state index in [1.54, 1.807) is 35.6 Å². The average molecular weight is 391 g/mol. The molecule has 0 unspecified atom stereocenters. The Bertz CT molecular complexity index is 1000. The third-order valence-electron chi connectivity index (χ3n) is 4.10. The molecular formula is C21H17N3O3S. The van der Waals surface area contributed by atoms with Gasteiger partial charge in [-0.1, -0.05) is 36.4 Å². The highest BCUT2D eigenvalue weighted by atomic mass is 32.1. The van der Waals surface area contributed by atoms with Crippen molar-refractivity contribution in [2.75, 3.05) is 6.61 Å². The molecule has 4 rings (SSSR count). The van der Waals surface area contributed by atoms with Crippen molar-refractivity contribution >= 4 is 17.2 Å². The lowest BCUT2D eigenvalue weighted by molar-refractivity contribution is -0.123. The monoisotopic (exact) mass is 391 g/mol. The lowest BCUT2D eigenvalue weighted by Gasteiger charge is -2.18. The number of hydrogen-bond donors (Lipinski definition) is 1. The molecular weight excluding hydrogens is 374 g/mol. The van der Waals surface area contributed by atoms with Gasteiger partial charge < -0.3 is 14.5 Å². The Morgan fingerprint density at radius 3 is 2.57 bits per heavy atom. The maximum Gasteiger partial charge on any atom is 0.258 e. The molecule has 2 aromatic carbocycles. The molecule has 0 radical (unpaired) electrons. The highest BCUT2D eigenvalue weighted by Gasteiger charge is 2.18. The van der Waals surface area contributed by atoms with E-state index < -0.39 is 0 Å². The molecule has 0 saturated carbocycles. The predicted molar refractivity (Wildman–Crippen MR) is 106 cm³/mol. The predicted octanol–water partition coefficient (Wildman–Crippen LogP) is 4.08. The van der Waals surface area contributed by atoms with Crippen LogP contribution < -0.4 is 10.1 Å². The fourth-order valence-electron chi connectivity index (χ4n) is 2.76. The number of amides is 1. The molecule has 4 aromatic rings. The lowest BCUT2D eigenvalue weighted by Crippen LogP contribution is -2.32. The van der Waals surface area contributed by atoms with Crippen molar-refractivity contribution in [3.05, 3.63) is 88.9 Å². The average Bonchev–Trinajstić information content (AvgIpc) is 3.46. The van der Waals surface area contributed by atoms with E-state index in [1.807, 2.05) is 47.8 Å². The van der Waals surface area contributed by atoms with E-state index in [1.165, 1.54) is 6.39 Å². The smallest absolute Gasteiger partial charge is 0.258 e. The van der Waals surface area contributed by atoms with Crippen LogP contribution in [0.25, 0.3) is 11.5 Å². The van der Waals surface area contributed by atoms with E-state index >= 15 is 0 Å². The molecule has 0 fully saturated rings. The summed E-state index contributed by atoms with van der Waals surface area (Å²) in [4.78, 5) is 13.6. The summed E-state index contributed by atoms with van der Waals surface area (Å²) in [5.74, 6) is 0.833. The topological polar surface area (TPSA) is 77.2 Å². The van der Waals surface area contributed by atoms with Crippen molar-refractivity contribution < 1.29 is 13.9 Å². The third-order valence-corrected chi connectivity index (χ3v) is 5.03. The summed E-state index contributed by atoms with van der Waals surface area (Å²) < 4.78 is 10.8. The Morgan fingerprint density at radius 1 is 1.07 bits per heavy atom. The number of ether oxygens (including phenoxy) is 1. The Hall–Kier alpha value is -3.45. The van der Waals surface area contributed by atoms with Crippen LogP contribution in [0, 0.1) is 0 Å². The highest BCUT2D eigenvalue weighted by Crippen LogP contribution is 2.26. The Kier molecular flexibility index (Phi) is 5.44. The van der Waals surface area contributed by atoms with Crippen molar-refractivity contribution in [2.24, 2.45) is 0 Å². The molecule has 1 atom stereocenters. The van der Waals surface area contributed by atoms with Gasteiger partial charge in [0.1, 0.15) is 5.75 Å². The van der Waals surface area contributed by atoms with Crippen molar-refractivity contribution in [1.82, 2.24) is 15.5 Å². The summed E-state index contributed by atoms with van der Waals surface area (Å²) >= 11 is 1.61. The molecule has 2 heterocycles. The first kappa shape index (κ1) is 17.9. The first-order valence-electron chi connectivity index (χ1n) is 8.67. The van der Waals surface area contributed by atoms with Crippen LogP contribution in [0.2, 0.25) is 0 Å². The molecule has 0 spiro atoms. The van der Waals surface area contributed by atoms with Gasteiger partial charge in [-0.15, -0.1) is 21.5 Å². The number of carbonyl (C=O) groups excluding carboxylic acids is 1. The number of nitrogens with zero attached hydrogens (tertiary/aromatic N) is 2. The maximum absolute atomic E-state index is 12.5. The first-order valence-corrected chi connectivity index (χ1v) is 9.55. The van der Waals surface area contributed by atoms with Crippen molar-refractivity contribution in [3.63, 3.8) is 0 Å². The van der Waals surface area contributed by atoms with Crippen LogP contribution in [0.1, 0.15) is 16.5 Å². The Morgan fingerprint density at radius 2 is 1.89 bits per heavy atom. The molecule has 0 aliphatic carbocycles. The second-order valence-electron chi connectivity index (χ2n) is 5.98. The minimum atomic E-state index is -0.197. The van der Waals surface area contributed by atoms with E-state index in [4.69, 9.17) is 9.15 Å². The standard InChI is InChI=1S/C21H17N3O3S/c25-19(13-26-17-10-8-16(9-11-17)21-24-22-14-27-21)23-20(18-7-4-12-28-18)15-5-2-1-3-6-15/h1-12,14,20H,13H2,(H,23,25)/t20-/m0/s1. The van der Waals surface area contributed by atoms with Gasteiger partial charge >= 0.3 is 0 Å². The quantitative estimate of drug-likeness (QED) is 0.514. The summed E-state index contributed by atoms with van der Waals surface area (Å²) in [5, 5.41) is 12.6. The molecule has 2 aromatic heterocycles. The van der Waals surface area contributed by atoms with E-state index in [0.717, 1.165) is 16.0 Å². The Labute approximate surface area is 165 Å². The second kappa shape index (κ2) is 8.49. The number of nitrogens with one attached hydrogen (secondary N) is 1.